The van der Waals surface area contributed by atoms with Crippen LogP contribution in [-0.4, -0.2) is 5.78 Å². The minimum absolute atomic E-state index is 0.145. The van der Waals surface area contributed by atoms with Gasteiger partial charge in [-0.2, -0.15) is 0 Å². The standard InChI is InChI=1S/C15H18FIO/c1-2-10-3-5-11(6-4-10)15(18)13-8-7-12(16)9-14(13)17/h7-11H,2-6H2,1H3. The first kappa shape index (κ1) is 14.0. The molecular weight excluding hydrogens is 342 g/mol. The van der Waals surface area contributed by atoms with E-state index in [2.05, 4.69) is 6.92 Å². The third-order valence-electron chi connectivity index (χ3n) is 3.99. The number of Topliss-reactive ketones (excluding diaryl/α,β-unsaturated/α-hetero) is 1. The Morgan fingerprint density at radius 2 is 2.00 bits per heavy atom. The molecule has 1 nitrogen and oxygen atoms in total. The fraction of sp³-hybridized carbons (Fsp3) is 0.533. The summed E-state index contributed by atoms with van der Waals surface area (Å²) in [5.74, 6) is 0.868. The molecule has 0 saturated heterocycles. The third kappa shape index (κ3) is 3.11. The Morgan fingerprint density at radius 1 is 1.33 bits per heavy atom. The predicted molar refractivity (Wildman–Crippen MR) is 79.2 cm³/mol. The zero-order valence-electron chi connectivity index (χ0n) is 10.6. The van der Waals surface area contributed by atoms with Gasteiger partial charge in [-0.15, -0.1) is 0 Å². The van der Waals surface area contributed by atoms with Crippen LogP contribution in [0.1, 0.15) is 49.4 Å². The lowest BCUT2D eigenvalue weighted by Crippen LogP contribution is -2.22. The summed E-state index contributed by atoms with van der Waals surface area (Å²) in [5.41, 5.74) is 0.692. The van der Waals surface area contributed by atoms with E-state index < -0.39 is 0 Å². The Bertz CT molecular complexity index is 436. The van der Waals surface area contributed by atoms with E-state index in [-0.39, 0.29) is 17.5 Å². The molecule has 0 aromatic heterocycles. The lowest BCUT2D eigenvalue weighted by molar-refractivity contribution is 0.0870. The number of ketones is 1. The summed E-state index contributed by atoms with van der Waals surface area (Å²) in [6.45, 7) is 2.22. The maximum absolute atomic E-state index is 13.0. The first-order valence-corrected chi connectivity index (χ1v) is 7.69. The lowest BCUT2D eigenvalue weighted by atomic mass is 9.78. The van der Waals surface area contributed by atoms with E-state index >= 15 is 0 Å². The van der Waals surface area contributed by atoms with E-state index in [1.54, 1.807) is 6.07 Å². The van der Waals surface area contributed by atoms with Gasteiger partial charge in [-0.05, 0) is 72.4 Å². The second-order valence-corrected chi connectivity index (χ2v) is 6.28. The quantitative estimate of drug-likeness (QED) is 0.558. The topological polar surface area (TPSA) is 17.1 Å². The molecule has 98 valence electrons. The SMILES string of the molecule is CCC1CCC(C(=O)c2ccc(F)cc2I)CC1. The molecule has 1 aliphatic carbocycles. The summed E-state index contributed by atoms with van der Waals surface area (Å²) < 4.78 is 13.8. The van der Waals surface area contributed by atoms with Gasteiger partial charge in [0.2, 0.25) is 0 Å². The highest BCUT2D eigenvalue weighted by atomic mass is 127. The van der Waals surface area contributed by atoms with Crippen molar-refractivity contribution in [3.63, 3.8) is 0 Å². The highest BCUT2D eigenvalue weighted by Gasteiger charge is 2.27. The van der Waals surface area contributed by atoms with Gasteiger partial charge in [0.05, 0.1) is 0 Å². The Hall–Kier alpha value is -0.450. The molecule has 1 aliphatic rings. The van der Waals surface area contributed by atoms with Gasteiger partial charge in [-0.1, -0.05) is 13.3 Å². The summed E-state index contributed by atoms with van der Waals surface area (Å²) in [5, 5.41) is 0. The lowest BCUT2D eigenvalue weighted by Gasteiger charge is -2.27. The number of benzene rings is 1. The second-order valence-electron chi connectivity index (χ2n) is 5.11. The van der Waals surface area contributed by atoms with Gasteiger partial charge in [-0.25, -0.2) is 4.39 Å². The third-order valence-corrected chi connectivity index (χ3v) is 4.88. The Morgan fingerprint density at radius 3 is 2.56 bits per heavy atom. The van der Waals surface area contributed by atoms with Crippen LogP contribution < -0.4 is 0 Å². The molecule has 2 rings (SSSR count). The number of hydrogen-bond acceptors (Lipinski definition) is 1. The average molecular weight is 360 g/mol. The van der Waals surface area contributed by atoms with Gasteiger partial charge >= 0.3 is 0 Å². The minimum Gasteiger partial charge on any atom is -0.294 e. The van der Waals surface area contributed by atoms with Crippen molar-refractivity contribution in [3.05, 3.63) is 33.1 Å². The van der Waals surface area contributed by atoms with Gasteiger partial charge in [-0.3, -0.25) is 4.79 Å². The normalized spacial score (nSPS) is 23.9. The van der Waals surface area contributed by atoms with E-state index in [0.717, 1.165) is 35.2 Å². The van der Waals surface area contributed by atoms with Crippen LogP contribution in [0.2, 0.25) is 0 Å². The number of halogens is 2. The molecule has 18 heavy (non-hydrogen) atoms. The van der Waals surface area contributed by atoms with Crippen molar-refractivity contribution >= 4 is 28.4 Å². The van der Waals surface area contributed by atoms with Crippen LogP contribution in [0.25, 0.3) is 0 Å². The molecule has 0 aliphatic heterocycles. The molecule has 1 aromatic rings. The van der Waals surface area contributed by atoms with Crippen LogP contribution in [-0.2, 0) is 0 Å². The van der Waals surface area contributed by atoms with Gasteiger partial charge in [0.15, 0.2) is 5.78 Å². The molecule has 3 heteroatoms. The largest absolute Gasteiger partial charge is 0.294 e. The maximum atomic E-state index is 13.0. The molecule has 1 saturated carbocycles. The van der Waals surface area contributed by atoms with Crippen LogP contribution in [0.3, 0.4) is 0 Å². The van der Waals surface area contributed by atoms with Crippen molar-refractivity contribution in [2.75, 3.05) is 0 Å². The maximum Gasteiger partial charge on any atom is 0.167 e. The molecule has 0 spiro atoms. The van der Waals surface area contributed by atoms with Gasteiger partial charge in [0.25, 0.3) is 0 Å². The van der Waals surface area contributed by atoms with Crippen LogP contribution in [0.4, 0.5) is 4.39 Å². The average Bonchev–Trinajstić information content (AvgIpc) is 2.38. The molecule has 0 N–H and O–H groups in total. The molecule has 0 unspecified atom stereocenters. The minimum atomic E-state index is -0.273. The smallest absolute Gasteiger partial charge is 0.167 e. The fourth-order valence-electron chi connectivity index (χ4n) is 2.74. The number of rotatable bonds is 3. The highest BCUT2D eigenvalue weighted by molar-refractivity contribution is 14.1. The highest BCUT2D eigenvalue weighted by Crippen LogP contribution is 2.33. The van der Waals surface area contributed by atoms with E-state index in [4.69, 9.17) is 0 Å². The number of carbonyl (C=O) groups is 1. The summed E-state index contributed by atoms with van der Waals surface area (Å²) in [4.78, 5) is 12.4. The molecule has 0 heterocycles. The summed E-state index contributed by atoms with van der Waals surface area (Å²) in [7, 11) is 0. The summed E-state index contributed by atoms with van der Waals surface area (Å²) in [6.07, 6.45) is 5.51. The Labute approximate surface area is 121 Å². The van der Waals surface area contributed by atoms with Crippen LogP contribution in [0.15, 0.2) is 18.2 Å². The van der Waals surface area contributed by atoms with Gasteiger partial charge in [0, 0.05) is 15.1 Å². The summed E-state index contributed by atoms with van der Waals surface area (Å²) >= 11 is 2.05. The molecule has 0 amide bonds. The molecule has 0 radical (unpaired) electrons. The summed E-state index contributed by atoms with van der Waals surface area (Å²) in [6, 6.07) is 4.45. The number of carbonyl (C=O) groups excluding carboxylic acids is 1. The van der Waals surface area contributed by atoms with E-state index in [0.29, 0.717) is 5.56 Å². The first-order chi connectivity index (χ1) is 8.61. The van der Waals surface area contributed by atoms with Crippen molar-refractivity contribution < 1.29 is 9.18 Å². The van der Waals surface area contributed by atoms with Gasteiger partial charge in [0.1, 0.15) is 5.82 Å². The van der Waals surface area contributed by atoms with Crippen molar-refractivity contribution in [1.82, 2.24) is 0 Å². The Balaban J connectivity index is 2.08. The molecule has 1 aromatic carbocycles. The monoisotopic (exact) mass is 360 g/mol. The van der Waals surface area contributed by atoms with Crippen LogP contribution >= 0.6 is 22.6 Å². The van der Waals surface area contributed by atoms with Crippen molar-refractivity contribution in [3.8, 4) is 0 Å². The van der Waals surface area contributed by atoms with Gasteiger partial charge < -0.3 is 0 Å². The molecular formula is C15H18FIO. The first-order valence-electron chi connectivity index (χ1n) is 6.61. The van der Waals surface area contributed by atoms with Crippen LogP contribution in [0.5, 0.6) is 0 Å². The van der Waals surface area contributed by atoms with Crippen molar-refractivity contribution in [1.29, 1.82) is 0 Å². The van der Waals surface area contributed by atoms with E-state index in [1.807, 2.05) is 22.6 Å². The zero-order valence-corrected chi connectivity index (χ0v) is 12.7. The second kappa shape index (κ2) is 6.13. The fourth-order valence-corrected chi connectivity index (χ4v) is 3.49. The van der Waals surface area contributed by atoms with E-state index in [1.165, 1.54) is 18.6 Å². The zero-order chi connectivity index (χ0) is 13.1. The van der Waals surface area contributed by atoms with E-state index in [9.17, 15) is 9.18 Å². The molecule has 0 atom stereocenters. The molecule has 1 fully saturated rings. The van der Waals surface area contributed by atoms with Crippen molar-refractivity contribution in [2.45, 2.75) is 39.0 Å². The molecule has 0 bridgehead atoms. The number of hydrogen-bond donors (Lipinski definition) is 0. The predicted octanol–water partition coefficient (Wildman–Crippen LogP) is 4.83. The Kier molecular flexibility index (Phi) is 4.76. The van der Waals surface area contributed by atoms with Crippen LogP contribution in [0, 0.1) is 21.2 Å². The van der Waals surface area contributed by atoms with Crippen molar-refractivity contribution in [2.24, 2.45) is 11.8 Å².